The highest BCUT2D eigenvalue weighted by Crippen LogP contribution is 2.65. The monoisotopic (exact) mass is 342 g/mol. The molecule has 3 amide bonds. The first kappa shape index (κ1) is 14.2. The highest BCUT2D eigenvalue weighted by molar-refractivity contribution is 6.31. The Labute approximate surface area is 143 Å². The average Bonchev–Trinajstić information content (AvgIpc) is 3.36. The van der Waals surface area contributed by atoms with Crippen LogP contribution in [-0.2, 0) is 9.59 Å². The second-order valence-corrected chi connectivity index (χ2v) is 7.55. The molecule has 122 valence electrons. The molecule has 0 spiro atoms. The zero-order valence-electron chi connectivity index (χ0n) is 12.7. The molecule has 4 aliphatic carbocycles. The molecule has 6 rings (SSSR count). The SMILES string of the molecule is O=C(NN1C(=O)[C@@H]2[C@H]3C=C[C@H]([C@H]4C[C@@H]34)[C@@H]2C1=O)c1cccc(Cl)c1. The zero-order valence-corrected chi connectivity index (χ0v) is 13.4. The molecular weight excluding hydrogens is 328 g/mol. The van der Waals surface area contributed by atoms with Crippen LogP contribution in [0, 0.1) is 35.5 Å². The molecule has 2 bridgehead atoms. The number of carbonyl (C=O) groups excluding carboxylic acids is 3. The quantitative estimate of drug-likeness (QED) is 0.660. The molecule has 5 nitrogen and oxygen atoms in total. The number of benzene rings is 1. The van der Waals surface area contributed by atoms with Crippen molar-refractivity contribution in [3.05, 3.63) is 47.0 Å². The van der Waals surface area contributed by atoms with Crippen LogP contribution in [0.1, 0.15) is 16.8 Å². The van der Waals surface area contributed by atoms with Crippen molar-refractivity contribution in [2.45, 2.75) is 6.42 Å². The van der Waals surface area contributed by atoms with E-state index >= 15 is 0 Å². The summed E-state index contributed by atoms with van der Waals surface area (Å²) in [5.74, 6) is -0.280. The van der Waals surface area contributed by atoms with Crippen LogP contribution in [0.25, 0.3) is 0 Å². The fraction of sp³-hybridized carbons (Fsp3) is 0.389. The van der Waals surface area contributed by atoms with E-state index < -0.39 is 5.91 Å². The fourth-order valence-corrected chi connectivity index (χ4v) is 5.05. The maximum absolute atomic E-state index is 12.8. The van der Waals surface area contributed by atoms with E-state index in [0.717, 1.165) is 11.4 Å². The summed E-state index contributed by atoms with van der Waals surface area (Å²) >= 11 is 5.89. The van der Waals surface area contributed by atoms with Crippen molar-refractivity contribution in [3.63, 3.8) is 0 Å². The number of hydrogen-bond donors (Lipinski definition) is 1. The Kier molecular flexibility index (Phi) is 2.78. The van der Waals surface area contributed by atoms with Gasteiger partial charge in [0.2, 0.25) is 0 Å². The van der Waals surface area contributed by atoms with Crippen molar-refractivity contribution in [1.82, 2.24) is 10.4 Å². The van der Waals surface area contributed by atoms with Crippen molar-refractivity contribution >= 4 is 29.3 Å². The second kappa shape index (κ2) is 4.70. The van der Waals surface area contributed by atoms with Crippen LogP contribution < -0.4 is 5.43 Å². The molecule has 1 heterocycles. The van der Waals surface area contributed by atoms with E-state index in [2.05, 4.69) is 17.6 Å². The van der Waals surface area contributed by atoms with Gasteiger partial charge in [-0.2, -0.15) is 5.01 Å². The summed E-state index contributed by atoms with van der Waals surface area (Å²) in [5.41, 5.74) is 2.81. The molecule has 3 fully saturated rings. The third-order valence-electron chi connectivity index (χ3n) is 5.96. The number of amides is 3. The van der Waals surface area contributed by atoms with Crippen LogP contribution in [0.4, 0.5) is 0 Å². The fourth-order valence-electron chi connectivity index (χ4n) is 4.86. The first-order chi connectivity index (χ1) is 11.6. The van der Waals surface area contributed by atoms with Crippen LogP contribution in [0.15, 0.2) is 36.4 Å². The molecule has 0 unspecified atom stereocenters. The lowest BCUT2D eigenvalue weighted by Gasteiger charge is -2.37. The smallest absolute Gasteiger partial charge is 0.270 e. The standard InChI is InChI=1S/C18H15ClN2O3/c19-9-3-1-2-8(6-9)16(22)20-21-17(23)14-10-4-5-11(13-7-12(10)13)15(14)18(21)24/h1-6,10-15H,7H2,(H,20,22)/t10-,11+,12-,13+,14+,15-. The number of hydrogen-bond acceptors (Lipinski definition) is 3. The molecule has 0 radical (unpaired) electrons. The van der Waals surface area contributed by atoms with Gasteiger partial charge in [0.1, 0.15) is 0 Å². The minimum Gasteiger partial charge on any atom is -0.272 e. The van der Waals surface area contributed by atoms with Gasteiger partial charge in [0.05, 0.1) is 11.8 Å². The zero-order chi connectivity index (χ0) is 16.6. The maximum atomic E-state index is 12.8. The number of allylic oxidation sites excluding steroid dienone is 2. The number of imide groups is 1. The highest BCUT2D eigenvalue weighted by atomic mass is 35.5. The summed E-state index contributed by atoms with van der Waals surface area (Å²) < 4.78 is 0. The molecular formula is C18H15ClN2O3. The molecule has 5 aliphatic rings. The lowest BCUT2D eigenvalue weighted by Crippen LogP contribution is -2.46. The normalized spacial score (nSPS) is 38.1. The maximum Gasteiger partial charge on any atom is 0.270 e. The average molecular weight is 343 g/mol. The van der Waals surface area contributed by atoms with Gasteiger partial charge < -0.3 is 0 Å². The van der Waals surface area contributed by atoms with Crippen LogP contribution in [0.5, 0.6) is 0 Å². The van der Waals surface area contributed by atoms with Gasteiger partial charge in [0.15, 0.2) is 0 Å². The third-order valence-corrected chi connectivity index (χ3v) is 6.20. The summed E-state index contributed by atoms with van der Waals surface area (Å²) in [7, 11) is 0. The van der Waals surface area contributed by atoms with Crippen molar-refractivity contribution < 1.29 is 14.4 Å². The van der Waals surface area contributed by atoms with Gasteiger partial charge in [-0.1, -0.05) is 29.8 Å². The van der Waals surface area contributed by atoms with Gasteiger partial charge in [-0.15, -0.1) is 0 Å². The summed E-state index contributed by atoms with van der Waals surface area (Å²) in [6, 6.07) is 6.42. The number of halogens is 1. The lowest BCUT2D eigenvalue weighted by molar-refractivity contribution is -0.143. The molecule has 6 atom stereocenters. The third kappa shape index (κ3) is 1.79. The van der Waals surface area contributed by atoms with Gasteiger partial charge in [0.25, 0.3) is 17.7 Å². The van der Waals surface area contributed by atoms with Gasteiger partial charge >= 0.3 is 0 Å². The van der Waals surface area contributed by atoms with E-state index in [1.807, 2.05) is 0 Å². The summed E-state index contributed by atoms with van der Waals surface area (Å²) in [6.45, 7) is 0. The van der Waals surface area contributed by atoms with E-state index in [9.17, 15) is 14.4 Å². The Hall–Kier alpha value is -2.14. The summed E-state index contributed by atoms with van der Waals surface area (Å²) in [5, 5.41) is 1.37. The molecule has 0 aromatic heterocycles. The first-order valence-electron chi connectivity index (χ1n) is 8.19. The van der Waals surface area contributed by atoms with E-state index in [-0.39, 0.29) is 35.5 Å². The summed E-state index contributed by atoms with van der Waals surface area (Å²) in [4.78, 5) is 37.9. The molecule has 2 saturated carbocycles. The summed E-state index contributed by atoms with van der Waals surface area (Å²) in [6.07, 6.45) is 5.33. The lowest BCUT2D eigenvalue weighted by atomic mass is 9.63. The highest BCUT2D eigenvalue weighted by Gasteiger charge is 2.67. The number of rotatable bonds is 2. The van der Waals surface area contributed by atoms with Gasteiger partial charge in [-0.05, 0) is 48.3 Å². The minimum absolute atomic E-state index is 0.148. The van der Waals surface area contributed by atoms with Crippen molar-refractivity contribution in [1.29, 1.82) is 0 Å². The molecule has 1 N–H and O–H groups in total. The minimum atomic E-state index is -0.497. The van der Waals surface area contributed by atoms with Gasteiger partial charge in [0, 0.05) is 10.6 Å². The first-order valence-corrected chi connectivity index (χ1v) is 8.57. The molecule has 1 saturated heterocycles. The number of hydrazine groups is 1. The molecule has 1 aromatic rings. The van der Waals surface area contributed by atoms with Crippen molar-refractivity contribution in [2.75, 3.05) is 0 Å². The number of nitrogens with one attached hydrogen (secondary N) is 1. The van der Waals surface area contributed by atoms with Crippen LogP contribution in [0.3, 0.4) is 0 Å². The predicted molar refractivity (Wildman–Crippen MR) is 85.5 cm³/mol. The molecule has 1 aliphatic heterocycles. The Morgan fingerprint density at radius 1 is 1.08 bits per heavy atom. The largest absolute Gasteiger partial charge is 0.272 e. The second-order valence-electron chi connectivity index (χ2n) is 7.12. The molecule has 1 aromatic carbocycles. The predicted octanol–water partition coefficient (Wildman–Crippen LogP) is 2.04. The molecule has 6 heteroatoms. The van der Waals surface area contributed by atoms with E-state index in [0.29, 0.717) is 22.4 Å². The molecule has 24 heavy (non-hydrogen) atoms. The Morgan fingerprint density at radius 2 is 1.71 bits per heavy atom. The van der Waals surface area contributed by atoms with Crippen LogP contribution in [0.2, 0.25) is 5.02 Å². The number of nitrogens with zero attached hydrogens (tertiary/aromatic N) is 1. The Bertz CT molecular complexity index is 784. The Morgan fingerprint density at radius 3 is 2.29 bits per heavy atom. The van der Waals surface area contributed by atoms with Crippen LogP contribution >= 0.6 is 11.6 Å². The Balaban J connectivity index is 1.41. The number of carbonyl (C=O) groups is 3. The van der Waals surface area contributed by atoms with E-state index in [4.69, 9.17) is 11.6 Å². The van der Waals surface area contributed by atoms with Crippen molar-refractivity contribution in [3.8, 4) is 0 Å². The van der Waals surface area contributed by atoms with Gasteiger partial charge in [-0.25, -0.2) is 0 Å². The topological polar surface area (TPSA) is 66.5 Å². The van der Waals surface area contributed by atoms with Gasteiger partial charge in [-0.3, -0.25) is 19.8 Å². The van der Waals surface area contributed by atoms with Crippen LogP contribution in [-0.4, -0.2) is 22.7 Å². The van der Waals surface area contributed by atoms with Crippen molar-refractivity contribution in [2.24, 2.45) is 35.5 Å². The van der Waals surface area contributed by atoms with E-state index in [1.165, 1.54) is 6.07 Å². The van der Waals surface area contributed by atoms with E-state index in [1.54, 1.807) is 18.2 Å².